The molecule has 1 aliphatic heterocycles. The molecule has 0 fully saturated rings. The van der Waals surface area contributed by atoms with Gasteiger partial charge in [-0.25, -0.2) is 9.59 Å². The lowest BCUT2D eigenvalue weighted by Gasteiger charge is -2.22. The van der Waals surface area contributed by atoms with E-state index in [1.54, 1.807) is 19.1 Å². The van der Waals surface area contributed by atoms with Gasteiger partial charge in [0.2, 0.25) is 0 Å². The highest BCUT2D eigenvalue weighted by Gasteiger charge is 2.39. The van der Waals surface area contributed by atoms with Crippen LogP contribution in [0.25, 0.3) is 11.1 Å². The van der Waals surface area contributed by atoms with E-state index in [1.807, 2.05) is 36.4 Å². The van der Waals surface area contributed by atoms with Crippen molar-refractivity contribution < 1.29 is 28.8 Å². The van der Waals surface area contributed by atoms with Crippen LogP contribution in [0.3, 0.4) is 0 Å². The van der Waals surface area contributed by atoms with Gasteiger partial charge in [-0.1, -0.05) is 72.7 Å². The van der Waals surface area contributed by atoms with Crippen molar-refractivity contribution in [3.8, 4) is 11.1 Å². The molecule has 8 nitrogen and oxygen atoms in total. The van der Waals surface area contributed by atoms with Gasteiger partial charge in [-0.15, -0.1) is 0 Å². The zero-order valence-corrected chi connectivity index (χ0v) is 19.8. The van der Waals surface area contributed by atoms with Crippen molar-refractivity contribution in [1.29, 1.82) is 0 Å². The summed E-state index contributed by atoms with van der Waals surface area (Å²) in [7, 11) is 1.52. The third-order valence-electron chi connectivity index (χ3n) is 6.54. The summed E-state index contributed by atoms with van der Waals surface area (Å²) < 4.78 is 5.61. The Balaban J connectivity index is 1.18. The molecule has 1 unspecified atom stereocenters. The Morgan fingerprint density at radius 1 is 0.833 bits per heavy atom. The molecule has 0 radical (unpaired) electrons. The fourth-order valence-electron chi connectivity index (χ4n) is 4.69. The molecule has 3 amide bonds. The Morgan fingerprint density at radius 3 is 1.83 bits per heavy atom. The highest BCUT2D eigenvalue weighted by molar-refractivity contribution is 6.20. The number of nitrogens with zero attached hydrogens (tertiary/aromatic N) is 2. The highest BCUT2D eigenvalue weighted by Crippen LogP contribution is 2.44. The van der Waals surface area contributed by atoms with Crippen molar-refractivity contribution in [3.63, 3.8) is 0 Å². The van der Waals surface area contributed by atoms with Crippen molar-refractivity contribution in [1.82, 2.24) is 9.96 Å². The highest BCUT2D eigenvalue weighted by atomic mass is 16.7. The van der Waals surface area contributed by atoms with E-state index in [-0.39, 0.29) is 30.2 Å². The van der Waals surface area contributed by atoms with E-state index < -0.39 is 29.8 Å². The second-order valence-corrected chi connectivity index (χ2v) is 8.95. The van der Waals surface area contributed by atoms with Crippen LogP contribution < -0.4 is 0 Å². The molecule has 0 bridgehead atoms. The van der Waals surface area contributed by atoms with Gasteiger partial charge in [0.1, 0.15) is 6.61 Å². The molecule has 1 atom stereocenters. The fraction of sp³-hybridized carbons (Fsp3) is 0.214. The maximum Gasteiger partial charge on any atom is 0.409 e. The molecule has 36 heavy (non-hydrogen) atoms. The Hall–Kier alpha value is -4.46. The fourth-order valence-corrected chi connectivity index (χ4v) is 4.69. The van der Waals surface area contributed by atoms with Crippen LogP contribution in [0, 0.1) is 5.92 Å². The lowest BCUT2D eigenvalue weighted by molar-refractivity contribution is -0.173. The first-order chi connectivity index (χ1) is 17.4. The smallest absolute Gasteiger partial charge is 0.409 e. The predicted octanol–water partition coefficient (Wildman–Crippen LogP) is 4.26. The molecule has 5 rings (SSSR count). The van der Waals surface area contributed by atoms with Crippen molar-refractivity contribution in [2.45, 2.75) is 12.8 Å². The van der Waals surface area contributed by atoms with Gasteiger partial charge < -0.3 is 14.5 Å². The van der Waals surface area contributed by atoms with Crippen molar-refractivity contribution in [2.24, 2.45) is 5.92 Å². The largest absolute Gasteiger partial charge is 0.448 e. The summed E-state index contributed by atoms with van der Waals surface area (Å²) in [6.45, 7) is 1.69. The Labute approximate surface area is 208 Å². The topological polar surface area (TPSA) is 93.2 Å². The molecule has 0 N–H and O–H groups in total. The lowest BCUT2D eigenvalue weighted by atomic mass is 9.98. The van der Waals surface area contributed by atoms with Crippen LogP contribution in [0.1, 0.15) is 44.7 Å². The number of ether oxygens (including phenoxy) is 1. The van der Waals surface area contributed by atoms with Gasteiger partial charge >= 0.3 is 12.1 Å². The third kappa shape index (κ3) is 4.00. The summed E-state index contributed by atoms with van der Waals surface area (Å²) >= 11 is 0. The number of imide groups is 1. The number of fused-ring (bicyclic) bond motifs is 4. The van der Waals surface area contributed by atoms with Crippen LogP contribution >= 0.6 is 0 Å². The minimum atomic E-state index is -0.806. The number of benzene rings is 3. The lowest BCUT2D eigenvalue weighted by Crippen LogP contribution is -2.39. The van der Waals surface area contributed by atoms with Gasteiger partial charge in [-0.2, -0.15) is 0 Å². The average Bonchev–Trinajstić information content (AvgIpc) is 3.34. The summed E-state index contributed by atoms with van der Waals surface area (Å²) in [5.41, 5.74) is 4.83. The number of hydrogen-bond donors (Lipinski definition) is 0. The first-order valence-electron chi connectivity index (χ1n) is 11.6. The van der Waals surface area contributed by atoms with Crippen LogP contribution in [0.4, 0.5) is 4.79 Å². The predicted molar refractivity (Wildman–Crippen MR) is 130 cm³/mol. The number of hydrogen-bond acceptors (Lipinski definition) is 6. The molecule has 2 aliphatic rings. The average molecular weight is 485 g/mol. The van der Waals surface area contributed by atoms with E-state index in [0.29, 0.717) is 5.06 Å². The number of rotatable bonds is 6. The Morgan fingerprint density at radius 2 is 1.31 bits per heavy atom. The van der Waals surface area contributed by atoms with Gasteiger partial charge in [-0.05, 0) is 34.4 Å². The molecular weight excluding hydrogens is 460 g/mol. The Bertz CT molecular complexity index is 1300. The maximum atomic E-state index is 12.7. The molecule has 1 aliphatic carbocycles. The summed E-state index contributed by atoms with van der Waals surface area (Å²) in [4.78, 5) is 56.5. The van der Waals surface area contributed by atoms with Gasteiger partial charge in [-0.3, -0.25) is 9.59 Å². The maximum absolute atomic E-state index is 12.7. The van der Waals surface area contributed by atoms with Crippen LogP contribution in [-0.2, 0) is 14.4 Å². The summed E-state index contributed by atoms with van der Waals surface area (Å²) in [6, 6.07) is 22.3. The molecule has 0 aromatic heterocycles. The molecule has 182 valence electrons. The normalized spacial score (nSPS) is 14.7. The first kappa shape index (κ1) is 23.3. The van der Waals surface area contributed by atoms with Gasteiger partial charge in [0, 0.05) is 19.5 Å². The summed E-state index contributed by atoms with van der Waals surface area (Å²) in [5.74, 6) is -3.07. The number of amides is 3. The third-order valence-corrected chi connectivity index (χ3v) is 6.54. The van der Waals surface area contributed by atoms with Crippen molar-refractivity contribution >= 4 is 23.9 Å². The first-order valence-corrected chi connectivity index (χ1v) is 11.6. The minimum absolute atomic E-state index is 0.0152. The number of carbonyl (C=O) groups excluding carboxylic acids is 4. The number of carbonyl (C=O) groups is 4. The van der Waals surface area contributed by atoms with E-state index in [4.69, 9.17) is 9.57 Å². The second-order valence-electron chi connectivity index (χ2n) is 8.95. The molecule has 8 heteroatoms. The SMILES string of the molecule is CC(CN(C)C(=O)OCC1c2ccccc2-c2ccccc21)C(=O)ON1C(=O)c2ccccc2C1=O. The monoisotopic (exact) mass is 484 g/mol. The van der Waals surface area contributed by atoms with E-state index in [1.165, 1.54) is 24.1 Å². The van der Waals surface area contributed by atoms with Crippen LogP contribution in [0.2, 0.25) is 0 Å². The van der Waals surface area contributed by atoms with E-state index in [9.17, 15) is 19.2 Å². The van der Waals surface area contributed by atoms with Crippen molar-refractivity contribution in [2.75, 3.05) is 20.2 Å². The van der Waals surface area contributed by atoms with Gasteiger partial charge in [0.25, 0.3) is 11.8 Å². The van der Waals surface area contributed by atoms with Crippen LogP contribution in [-0.4, -0.2) is 54.0 Å². The zero-order chi connectivity index (χ0) is 25.4. The molecular formula is C28H24N2O6. The van der Waals surface area contributed by atoms with Gasteiger partial charge in [0.15, 0.2) is 0 Å². The number of hydroxylamine groups is 2. The molecule has 0 saturated heterocycles. The quantitative estimate of drug-likeness (QED) is 0.486. The van der Waals surface area contributed by atoms with Crippen LogP contribution in [0.5, 0.6) is 0 Å². The van der Waals surface area contributed by atoms with E-state index >= 15 is 0 Å². The van der Waals surface area contributed by atoms with Crippen LogP contribution in [0.15, 0.2) is 72.8 Å². The van der Waals surface area contributed by atoms with E-state index in [0.717, 1.165) is 22.3 Å². The molecule has 0 saturated carbocycles. The molecule has 3 aromatic carbocycles. The molecule has 1 heterocycles. The van der Waals surface area contributed by atoms with Gasteiger partial charge in [0.05, 0.1) is 17.0 Å². The molecule has 3 aromatic rings. The standard InChI is InChI=1S/C28H24N2O6/c1-17(27(33)36-30-25(31)22-13-7-8-14-23(22)26(30)32)15-29(2)28(34)35-16-24-20-11-5-3-9-18(20)19-10-4-6-12-21(19)24/h3-14,17,24H,15-16H2,1-2H3. The second kappa shape index (κ2) is 9.30. The molecule has 0 spiro atoms. The summed E-state index contributed by atoms with van der Waals surface area (Å²) in [6.07, 6.45) is -0.586. The van der Waals surface area contributed by atoms with Crippen molar-refractivity contribution in [3.05, 3.63) is 95.1 Å². The summed E-state index contributed by atoms with van der Waals surface area (Å²) in [5, 5.41) is 0.469. The zero-order valence-electron chi connectivity index (χ0n) is 19.8. The Kier molecular flexibility index (Phi) is 6.01. The van der Waals surface area contributed by atoms with E-state index in [2.05, 4.69) is 12.1 Å². The minimum Gasteiger partial charge on any atom is -0.448 e.